The first-order valence-corrected chi connectivity index (χ1v) is 5.32. The van der Waals surface area contributed by atoms with E-state index in [-0.39, 0.29) is 0 Å². The van der Waals surface area contributed by atoms with Gasteiger partial charge in [0.05, 0.1) is 6.54 Å². The van der Waals surface area contributed by atoms with Crippen LogP contribution in [0.15, 0.2) is 24.3 Å². The molecule has 0 aliphatic carbocycles. The Kier molecular flexibility index (Phi) is 2.90. The van der Waals surface area contributed by atoms with Gasteiger partial charge in [-0.05, 0) is 31.5 Å². The van der Waals surface area contributed by atoms with Crippen LogP contribution in [-0.4, -0.2) is 14.8 Å². The average molecular weight is 216 g/mol. The van der Waals surface area contributed by atoms with Crippen LogP contribution in [-0.2, 0) is 13.6 Å². The van der Waals surface area contributed by atoms with Crippen LogP contribution in [0.5, 0.6) is 0 Å². The molecular weight excluding hydrogens is 200 g/mol. The molecule has 0 aliphatic heterocycles. The highest BCUT2D eigenvalue weighted by molar-refractivity contribution is 5.45. The fourth-order valence-electron chi connectivity index (χ4n) is 1.54. The number of hydrogen-bond donors (Lipinski definition) is 1. The van der Waals surface area contributed by atoms with Crippen LogP contribution in [0.25, 0.3) is 0 Å². The van der Waals surface area contributed by atoms with E-state index in [0.29, 0.717) is 6.54 Å². The first-order valence-electron chi connectivity index (χ1n) is 5.32. The Morgan fingerprint density at radius 2 is 2.06 bits per heavy atom. The number of aryl methyl sites for hydroxylation is 2. The van der Waals surface area contributed by atoms with Gasteiger partial charge in [-0.3, -0.25) is 0 Å². The Bertz CT molecular complexity index is 488. The number of aromatic nitrogens is 3. The van der Waals surface area contributed by atoms with Crippen LogP contribution >= 0.6 is 0 Å². The van der Waals surface area contributed by atoms with Crippen molar-refractivity contribution in [1.82, 2.24) is 14.8 Å². The van der Waals surface area contributed by atoms with Crippen molar-refractivity contribution in [2.24, 2.45) is 7.05 Å². The zero-order valence-electron chi connectivity index (χ0n) is 9.86. The molecule has 0 saturated carbocycles. The molecule has 4 nitrogen and oxygen atoms in total. The van der Waals surface area contributed by atoms with E-state index in [1.165, 1.54) is 5.56 Å². The lowest BCUT2D eigenvalue weighted by Crippen LogP contribution is -2.06. The molecule has 1 N–H and O–H groups in total. The summed E-state index contributed by atoms with van der Waals surface area (Å²) in [5.74, 6) is 1.88. The molecule has 0 unspecified atom stereocenters. The van der Waals surface area contributed by atoms with E-state index < -0.39 is 0 Å². The molecule has 0 aliphatic rings. The Balaban J connectivity index is 2.05. The maximum Gasteiger partial charge on any atom is 0.152 e. The van der Waals surface area contributed by atoms with E-state index in [0.717, 1.165) is 17.3 Å². The second-order valence-electron chi connectivity index (χ2n) is 3.95. The van der Waals surface area contributed by atoms with Crippen molar-refractivity contribution in [2.45, 2.75) is 20.4 Å². The van der Waals surface area contributed by atoms with Crippen molar-refractivity contribution in [1.29, 1.82) is 0 Å². The van der Waals surface area contributed by atoms with Gasteiger partial charge in [0.25, 0.3) is 0 Å². The highest BCUT2D eigenvalue weighted by Gasteiger charge is 2.03. The SMILES string of the molecule is Cc1cccc(NCc2nnc(C)n2C)c1. The standard InChI is InChI=1S/C12H16N4/c1-9-5-4-6-11(7-9)13-8-12-15-14-10(2)16(12)3/h4-7,13H,8H2,1-3H3. The van der Waals surface area contributed by atoms with E-state index in [4.69, 9.17) is 0 Å². The Morgan fingerprint density at radius 1 is 1.25 bits per heavy atom. The molecule has 2 rings (SSSR count). The minimum absolute atomic E-state index is 0.695. The van der Waals surface area contributed by atoms with Gasteiger partial charge in [-0.25, -0.2) is 0 Å². The topological polar surface area (TPSA) is 42.7 Å². The van der Waals surface area contributed by atoms with Crippen LogP contribution in [0.1, 0.15) is 17.2 Å². The molecule has 0 amide bonds. The number of benzene rings is 1. The minimum Gasteiger partial charge on any atom is -0.378 e. The lowest BCUT2D eigenvalue weighted by Gasteiger charge is -2.06. The van der Waals surface area contributed by atoms with Gasteiger partial charge in [0.2, 0.25) is 0 Å². The van der Waals surface area contributed by atoms with Gasteiger partial charge >= 0.3 is 0 Å². The lowest BCUT2D eigenvalue weighted by atomic mass is 10.2. The molecule has 0 fully saturated rings. The third kappa shape index (κ3) is 2.21. The van der Waals surface area contributed by atoms with Crippen molar-refractivity contribution in [3.8, 4) is 0 Å². The van der Waals surface area contributed by atoms with Crippen LogP contribution in [0.2, 0.25) is 0 Å². The maximum atomic E-state index is 4.10. The summed E-state index contributed by atoms with van der Waals surface area (Å²) in [7, 11) is 1.97. The van der Waals surface area contributed by atoms with Crippen molar-refractivity contribution < 1.29 is 0 Å². The third-order valence-electron chi connectivity index (χ3n) is 2.65. The molecule has 1 aromatic carbocycles. The number of hydrogen-bond acceptors (Lipinski definition) is 3. The molecule has 84 valence electrons. The van der Waals surface area contributed by atoms with Gasteiger partial charge in [0, 0.05) is 12.7 Å². The average Bonchev–Trinajstić information content (AvgIpc) is 2.57. The predicted molar refractivity (Wildman–Crippen MR) is 64.2 cm³/mol. The number of nitrogens with one attached hydrogen (secondary N) is 1. The van der Waals surface area contributed by atoms with E-state index in [1.54, 1.807) is 0 Å². The van der Waals surface area contributed by atoms with Crippen LogP contribution < -0.4 is 5.32 Å². The predicted octanol–water partition coefficient (Wildman–Crippen LogP) is 2.04. The summed E-state index contributed by atoms with van der Waals surface area (Å²) >= 11 is 0. The fourth-order valence-corrected chi connectivity index (χ4v) is 1.54. The summed E-state index contributed by atoms with van der Waals surface area (Å²) in [4.78, 5) is 0. The van der Waals surface area contributed by atoms with Gasteiger partial charge in [0.15, 0.2) is 5.82 Å². The van der Waals surface area contributed by atoms with Gasteiger partial charge in [0.1, 0.15) is 5.82 Å². The van der Waals surface area contributed by atoms with Crippen LogP contribution in [0, 0.1) is 13.8 Å². The van der Waals surface area contributed by atoms with E-state index in [1.807, 2.05) is 24.6 Å². The second kappa shape index (κ2) is 4.35. The summed E-state index contributed by atoms with van der Waals surface area (Å²) < 4.78 is 1.99. The lowest BCUT2D eigenvalue weighted by molar-refractivity contribution is 0.789. The van der Waals surface area contributed by atoms with E-state index >= 15 is 0 Å². The van der Waals surface area contributed by atoms with E-state index in [2.05, 4.69) is 40.6 Å². The third-order valence-corrected chi connectivity index (χ3v) is 2.65. The van der Waals surface area contributed by atoms with Crippen molar-refractivity contribution >= 4 is 5.69 Å². The fraction of sp³-hybridized carbons (Fsp3) is 0.333. The largest absolute Gasteiger partial charge is 0.378 e. The van der Waals surface area contributed by atoms with Crippen LogP contribution in [0.4, 0.5) is 5.69 Å². The molecule has 0 bridgehead atoms. The molecule has 0 atom stereocenters. The summed E-state index contributed by atoms with van der Waals surface area (Å²) in [5.41, 5.74) is 2.36. The van der Waals surface area contributed by atoms with E-state index in [9.17, 15) is 0 Å². The normalized spacial score (nSPS) is 10.4. The highest BCUT2D eigenvalue weighted by Crippen LogP contribution is 2.10. The van der Waals surface area contributed by atoms with Crippen LogP contribution in [0.3, 0.4) is 0 Å². The van der Waals surface area contributed by atoms with Gasteiger partial charge in [-0.1, -0.05) is 12.1 Å². The van der Waals surface area contributed by atoms with Crippen molar-refractivity contribution in [2.75, 3.05) is 5.32 Å². The molecule has 4 heteroatoms. The molecule has 0 radical (unpaired) electrons. The zero-order valence-corrected chi connectivity index (χ0v) is 9.86. The molecule has 1 heterocycles. The quantitative estimate of drug-likeness (QED) is 0.853. The molecule has 16 heavy (non-hydrogen) atoms. The smallest absolute Gasteiger partial charge is 0.152 e. The molecule has 2 aromatic rings. The Morgan fingerprint density at radius 3 is 2.69 bits per heavy atom. The monoisotopic (exact) mass is 216 g/mol. The summed E-state index contributed by atoms with van der Waals surface area (Å²) in [6.45, 7) is 4.72. The van der Waals surface area contributed by atoms with Crippen molar-refractivity contribution in [3.63, 3.8) is 0 Å². The first kappa shape index (κ1) is 10.7. The highest BCUT2D eigenvalue weighted by atomic mass is 15.3. The second-order valence-corrected chi connectivity index (χ2v) is 3.95. The van der Waals surface area contributed by atoms with Crippen molar-refractivity contribution in [3.05, 3.63) is 41.5 Å². The van der Waals surface area contributed by atoms with Gasteiger partial charge in [-0.2, -0.15) is 0 Å². The number of anilines is 1. The summed E-state index contributed by atoms with van der Waals surface area (Å²) in [6, 6.07) is 8.29. The molecular formula is C12H16N4. The summed E-state index contributed by atoms with van der Waals surface area (Å²) in [5, 5.41) is 11.5. The van der Waals surface area contributed by atoms with Gasteiger partial charge in [-0.15, -0.1) is 10.2 Å². The Labute approximate surface area is 95.3 Å². The first-order chi connectivity index (χ1) is 7.66. The zero-order chi connectivity index (χ0) is 11.5. The molecule has 0 saturated heterocycles. The molecule has 0 spiro atoms. The molecule has 1 aromatic heterocycles. The van der Waals surface area contributed by atoms with Gasteiger partial charge < -0.3 is 9.88 Å². The number of nitrogens with zero attached hydrogens (tertiary/aromatic N) is 3. The summed E-state index contributed by atoms with van der Waals surface area (Å²) in [6.07, 6.45) is 0. The Hall–Kier alpha value is -1.84. The number of rotatable bonds is 3. The minimum atomic E-state index is 0.695. The maximum absolute atomic E-state index is 4.10.